The first-order chi connectivity index (χ1) is 13.4. The Hall–Kier alpha value is -3.47. The molecular weight excluding hydrogens is 360 g/mol. The summed E-state index contributed by atoms with van der Waals surface area (Å²) in [4.78, 5) is 27.1. The van der Waals surface area contributed by atoms with E-state index < -0.39 is 10.5 Å². The molecule has 1 aromatic carbocycles. The molecule has 0 bridgehead atoms. The molecule has 0 unspecified atom stereocenters. The average molecular weight is 382 g/mol. The van der Waals surface area contributed by atoms with Crippen LogP contribution >= 0.6 is 0 Å². The fraction of sp³-hybridized carbons (Fsp3) is 0.350. The largest absolute Gasteiger partial charge is 0.494 e. The van der Waals surface area contributed by atoms with E-state index in [1.807, 2.05) is 6.07 Å². The summed E-state index contributed by atoms with van der Waals surface area (Å²) in [5.41, 5.74) is 0.221. The maximum Gasteiger partial charge on any atom is 0.271 e. The topological polar surface area (TPSA) is 122 Å². The van der Waals surface area contributed by atoms with Gasteiger partial charge in [0.2, 0.25) is 5.88 Å². The molecule has 0 saturated carbocycles. The van der Waals surface area contributed by atoms with Gasteiger partial charge in [-0.1, -0.05) is 32.3 Å². The summed E-state index contributed by atoms with van der Waals surface area (Å²) in [7, 11) is 0. The lowest BCUT2D eigenvalue weighted by Crippen LogP contribution is -2.25. The number of benzene rings is 1. The number of nitro groups is 1. The molecule has 0 aliphatic rings. The zero-order chi connectivity index (χ0) is 20.7. The lowest BCUT2D eigenvalue weighted by atomic mass is 10.1. The Morgan fingerprint density at radius 3 is 2.75 bits per heavy atom. The summed E-state index contributed by atoms with van der Waals surface area (Å²) in [5, 5.41) is 30.9. The highest BCUT2D eigenvalue weighted by Crippen LogP contribution is 2.23. The molecule has 0 fully saturated rings. The van der Waals surface area contributed by atoms with Crippen LogP contribution in [0.3, 0.4) is 0 Å². The highest BCUT2D eigenvalue weighted by Gasteiger charge is 2.17. The Balaban J connectivity index is 2.45. The Labute approximate surface area is 162 Å². The molecule has 0 saturated heterocycles. The lowest BCUT2D eigenvalue weighted by Gasteiger charge is -2.13. The molecule has 0 amide bonds. The van der Waals surface area contributed by atoms with Gasteiger partial charge >= 0.3 is 0 Å². The first-order valence-corrected chi connectivity index (χ1v) is 9.05. The van der Waals surface area contributed by atoms with Gasteiger partial charge in [0.05, 0.1) is 16.2 Å². The molecule has 0 aliphatic heterocycles. The van der Waals surface area contributed by atoms with Gasteiger partial charge in [-0.15, -0.1) is 0 Å². The number of unbranched alkanes of at least 4 members (excludes halogenated alkanes) is 3. The van der Waals surface area contributed by atoms with Gasteiger partial charge < -0.3 is 5.11 Å². The molecule has 0 radical (unpaired) electrons. The first-order valence-electron chi connectivity index (χ1n) is 9.05. The third-order valence-electron chi connectivity index (χ3n) is 4.46. The van der Waals surface area contributed by atoms with Crippen LogP contribution < -0.4 is 5.56 Å². The number of nitrogens with zero attached hydrogens (tertiary/aromatic N) is 4. The van der Waals surface area contributed by atoms with Crippen LogP contribution in [-0.2, 0) is 6.54 Å². The van der Waals surface area contributed by atoms with Gasteiger partial charge in [-0.05, 0) is 25.0 Å². The molecule has 28 heavy (non-hydrogen) atoms. The number of hydrogen-bond donors (Lipinski definition) is 1. The van der Waals surface area contributed by atoms with Gasteiger partial charge in [0, 0.05) is 24.9 Å². The number of aliphatic imine (C=N–C) groups is 1. The number of rotatable bonds is 8. The second-order valence-corrected chi connectivity index (χ2v) is 6.40. The third kappa shape index (κ3) is 4.62. The zero-order valence-electron chi connectivity index (χ0n) is 15.9. The SMILES string of the molecule is CCCCCCn1c(O)c(C=Nc2cccc([N+](=O)[O-])c2)c(C)c(C#N)c1=O. The van der Waals surface area contributed by atoms with Crippen LogP contribution in [0, 0.1) is 28.4 Å². The van der Waals surface area contributed by atoms with E-state index in [2.05, 4.69) is 11.9 Å². The van der Waals surface area contributed by atoms with E-state index >= 15 is 0 Å². The van der Waals surface area contributed by atoms with Gasteiger partial charge in [0.1, 0.15) is 11.6 Å². The normalized spacial score (nSPS) is 10.9. The van der Waals surface area contributed by atoms with Crippen molar-refractivity contribution in [2.75, 3.05) is 0 Å². The van der Waals surface area contributed by atoms with E-state index in [0.29, 0.717) is 24.2 Å². The summed E-state index contributed by atoms with van der Waals surface area (Å²) < 4.78 is 1.19. The Bertz CT molecular complexity index is 1000. The monoisotopic (exact) mass is 382 g/mol. The van der Waals surface area contributed by atoms with Gasteiger partial charge in [0.15, 0.2) is 0 Å². The molecule has 0 atom stereocenters. The molecule has 1 heterocycles. The number of nitro benzene ring substituents is 1. The molecule has 1 aromatic heterocycles. The molecule has 8 heteroatoms. The molecule has 0 spiro atoms. The van der Waals surface area contributed by atoms with Gasteiger partial charge in [-0.3, -0.25) is 24.5 Å². The number of hydrogen-bond acceptors (Lipinski definition) is 6. The Morgan fingerprint density at radius 2 is 2.11 bits per heavy atom. The summed E-state index contributed by atoms with van der Waals surface area (Å²) in [6.45, 7) is 3.94. The summed E-state index contributed by atoms with van der Waals surface area (Å²) in [6.07, 6.45) is 5.01. The minimum Gasteiger partial charge on any atom is -0.494 e. The van der Waals surface area contributed by atoms with Crippen LogP contribution in [0.5, 0.6) is 5.88 Å². The standard InChI is InChI=1S/C20H22N4O4/c1-3-4-5-6-10-23-19(25)17(12-21)14(2)18(20(23)26)13-22-15-8-7-9-16(11-15)24(27)28/h7-9,11,13,26H,3-6,10H2,1-2H3. The predicted octanol–water partition coefficient (Wildman–Crippen LogP) is 3.97. The van der Waals surface area contributed by atoms with Crippen LogP contribution in [0.25, 0.3) is 0 Å². The van der Waals surface area contributed by atoms with E-state index in [0.717, 1.165) is 19.3 Å². The fourth-order valence-electron chi connectivity index (χ4n) is 2.86. The van der Waals surface area contributed by atoms with Crippen LogP contribution in [0.2, 0.25) is 0 Å². The molecule has 146 valence electrons. The Morgan fingerprint density at radius 1 is 1.36 bits per heavy atom. The first kappa shape index (κ1) is 20.8. The van der Waals surface area contributed by atoms with Crippen molar-refractivity contribution in [2.24, 2.45) is 4.99 Å². The van der Waals surface area contributed by atoms with Crippen LogP contribution in [-0.4, -0.2) is 20.8 Å². The van der Waals surface area contributed by atoms with Crippen molar-refractivity contribution in [2.45, 2.75) is 46.1 Å². The van der Waals surface area contributed by atoms with Crippen LogP contribution in [0.15, 0.2) is 34.1 Å². The van der Waals surface area contributed by atoms with E-state index in [9.17, 15) is 25.3 Å². The number of non-ortho nitro benzene ring substituents is 1. The van der Waals surface area contributed by atoms with Crippen molar-refractivity contribution in [3.8, 4) is 11.9 Å². The highest BCUT2D eigenvalue weighted by atomic mass is 16.6. The van der Waals surface area contributed by atoms with Gasteiger partial charge in [0.25, 0.3) is 11.2 Å². The minimum absolute atomic E-state index is 0.0474. The summed E-state index contributed by atoms with van der Waals surface area (Å²) in [5.74, 6) is -0.257. The number of aromatic nitrogens is 1. The van der Waals surface area contributed by atoms with Crippen molar-refractivity contribution in [3.63, 3.8) is 0 Å². The molecule has 2 aromatic rings. The number of nitriles is 1. The summed E-state index contributed by atoms with van der Waals surface area (Å²) in [6, 6.07) is 7.65. The predicted molar refractivity (Wildman–Crippen MR) is 106 cm³/mol. The zero-order valence-corrected chi connectivity index (χ0v) is 15.9. The van der Waals surface area contributed by atoms with E-state index in [1.165, 1.54) is 29.0 Å². The quantitative estimate of drug-likeness (QED) is 0.320. The third-order valence-corrected chi connectivity index (χ3v) is 4.46. The molecule has 8 nitrogen and oxygen atoms in total. The molecular formula is C20H22N4O4. The van der Waals surface area contributed by atoms with Crippen molar-refractivity contribution in [3.05, 3.63) is 61.4 Å². The maximum atomic E-state index is 12.5. The smallest absolute Gasteiger partial charge is 0.271 e. The molecule has 0 aliphatic carbocycles. The number of aromatic hydroxyl groups is 1. The summed E-state index contributed by atoms with van der Waals surface area (Å²) >= 11 is 0. The van der Waals surface area contributed by atoms with Gasteiger partial charge in [-0.25, -0.2) is 0 Å². The van der Waals surface area contributed by atoms with Crippen molar-refractivity contribution < 1.29 is 10.0 Å². The number of pyridine rings is 1. The second-order valence-electron chi connectivity index (χ2n) is 6.40. The Kier molecular flexibility index (Phi) is 7.04. The van der Waals surface area contributed by atoms with Crippen LogP contribution in [0.1, 0.15) is 49.3 Å². The van der Waals surface area contributed by atoms with Crippen molar-refractivity contribution in [1.29, 1.82) is 5.26 Å². The van der Waals surface area contributed by atoms with E-state index in [-0.39, 0.29) is 22.7 Å². The fourth-order valence-corrected chi connectivity index (χ4v) is 2.86. The second kappa shape index (κ2) is 9.46. The molecule has 2 rings (SSSR count). The van der Waals surface area contributed by atoms with E-state index in [1.54, 1.807) is 13.0 Å². The lowest BCUT2D eigenvalue weighted by molar-refractivity contribution is -0.384. The molecule has 1 N–H and O–H groups in total. The average Bonchev–Trinajstić information content (AvgIpc) is 2.67. The highest BCUT2D eigenvalue weighted by molar-refractivity contribution is 5.87. The van der Waals surface area contributed by atoms with E-state index in [4.69, 9.17) is 0 Å². The van der Waals surface area contributed by atoms with Crippen LogP contribution in [0.4, 0.5) is 11.4 Å². The van der Waals surface area contributed by atoms with Gasteiger partial charge in [-0.2, -0.15) is 5.26 Å². The van der Waals surface area contributed by atoms with Crippen molar-refractivity contribution >= 4 is 17.6 Å². The van der Waals surface area contributed by atoms with Crippen molar-refractivity contribution in [1.82, 2.24) is 4.57 Å². The minimum atomic E-state index is -0.526. The maximum absolute atomic E-state index is 12.5.